The molecular formula is C22H24ClN3O6. The highest BCUT2D eigenvalue weighted by atomic mass is 35.5. The fourth-order valence-electron chi connectivity index (χ4n) is 3.24. The fraction of sp³-hybridized carbons (Fsp3) is 0.364. The minimum atomic E-state index is -0.842. The summed E-state index contributed by atoms with van der Waals surface area (Å²) in [6.45, 7) is 4.35. The number of esters is 1. The van der Waals surface area contributed by atoms with E-state index in [1.54, 1.807) is 0 Å². The van der Waals surface area contributed by atoms with Gasteiger partial charge in [-0.3, -0.25) is 9.59 Å². The minimum Gasteiger partial charge on any atom is -0.494 e. The molecule has 170 valence electrons. The third-order valence-corrected chi connectivity index (χ3v) is 5.04. The van der Waals surface area contributed by atoms with E-state index in [9.17, 15) is 14.4 Å². The van der Waals surface area contributed by atoms with E-state index in [0.29, 0.717) is 23.6 Å². The molecule has 0 aliphatic carbocycles. The molecule has 1 aromatic carbocycles. The van der Waals surface area contributed by atoms with Crippen molar-refractivity contribution in [1.82, 2.24) is 15.6 Å². The summed E-state index contributed by atoms with van der Waals surface area (Å²) in [7, 11) is 1.21. The summed E-state index contributed by atoms with van der Waals surface area (Å²) in [5, 5.41) is 5.17. The molecule has 2 heterocycles. The molecule has 1 unspecified atom stereocenters. The van der Waals surface area contributed by atoms with E-state index < -0.39 is 17.8 Å². The Balaban J connectivity index is 1.59. The number of methoxy groups -OCH3 is 1. The maximum Gasteiger partial charge on any atom is 0.358 e. The number of pyridine rings is 1. The predicted molar refractivity (Wildman–Crippen MR) is 116 cm³/mol. The van der Waals surface area contributed by atoms with Crippen molar-refractivity contribution in [3.63, 3.8) is 0 Å². The van der Waals surface area contributed by atoms with Crippen molar-refractivity contribution in [3.8, 4) is 11.5 Å². The van der Waals surface area contributed by atoms with E-state index in [1.807, 2.05) is 26.0 Å². The Morgan fingerprint density at radius 2 is 1.91 bits per heavy atom. The molecular weight excluding hydrogens is 438 g/mol. The number of nitrogens with one attached hydrogen (secondary N) is 2. The number of ether oxygens (including phenoxy) is 3. The molecule has 0 bridgehead atoms. The second-order valence-corrected chi connectivity index (χ2v) is 7.53. The van der Waals surface area contributed by atoms with Crippen LogP contribution >= 0.6 is 11.6 Å². The number of benzene rings is 1. The molecule has 1 atom stereocenters. The van der Waals surface area contributed by atoms with Gasteiger partial charge in [0.15, 0.2) is 5.69 Å². The van der Waals surface area contributed by atoms with Gasteiger partial charge in [0.25, 0.3) is 0 Å². The third-order valence-electron chi connectivity index (χ3n) is 4.74. The summed E-state index contributed by atoms with van der Waals surface area (Å²) >= 11 is 5.93. The Morgan fingerprint density at radius 1 is 1.19 bits per heavy atom. The van der Waals surface area contributed by atoms with Crippen LogP contribution in [0.1, 0.15) is 41.2 Å². The van der Waals surface area contributed by atoms with E-state index in [2.05, 4.69) is 20.4 Å². The van der Waals surface area contributed by atoms with Crippen LogP contribution in [0.15, 0.2) is 24.3 Å². The number of nitrogens with zero attached hydrogens (tertiary/aromatic N) is 1. The zero-order chi connectivity index (χ0) is 23.3. The SMILES string of the molecule is CCOc1cc2c(cc1CNC(=O)C(=O)NCc1ccc(Cl)c(C(=O)OC)n1)OC(C)C2. The molecule has 0 fully saturated rings. The smallest absolute Gasteiger partial charge is 0.358 e. The van der Waals surface area contributed by atoms with Crippen LogP contribution in [0, 0.1) is 0 Å². The minimum absolute atomic E-state index is 0.0673. The van der Waals surface area contributed by atoms with Crippen molar-refractivity contribution < 1.29 is 28.6 Å². The summed E-state index contributed by atoms with van der Waals surface area (Å²) in [6.07, 6.45) is 0.872. The van der Waals surface area contributed by atoms with Crippen LogP contribution < -0.4 is 20.1 Å². The van der Waals surface area contributed by atoms with E-state index in [-0.39, 0.29) is 29.9 Å². The van der Waals surface area contributed by atoms with Crippen LogP contribution in [0.2, 0.25) is 5.02 Å². The fourth-order valence-corrected chi connectivity index (χ4v) is 3.42. The molecule has 32 heavy (non-hydrogen) atoms. The molecule has 1 aromatic heterocycles. The first-order valence-electron chi connectivity index (χ1n) is 10.1. The van der Waals surface area contributed by atoms with E-state index in [1.165, 1.54) is 19.2 Å². The van der Waals surface area contributed by atoms with Gasteiger partial charge in [-0.15, -0.1) is 0 Å². The lowest BCUT2D eigenvalue weighted by atomic mass is 10.1. The summed E-state index contributed by atoms with van der Waals surface area (Å²) in [6, 6.07) is 6.74. The normalized spacial score (nSPS) is 14.2. The second kappa shape index (κ2) is 10.3. The van der Waals surface area contributed by atoms with E-state index in [4.69, 9.17) is 21.1 Å². The first-order valence-corrected chi connectivity index (χ1v) is 10.4. The van der Waals surface area contributed by atoms with E-state index in [0.717, 1.165) is 17.7 Å². The van der Waals surface area contributed by atoms with E-state index >= 15 is 0 Å². The number of amides is 2. The third kappa shape index (κ3) is 5.47. The van der Waals surface area contributed by atoms with Crippen molar-refractivity contribution in [2.45, 2.75) is 39.5 Å². The van der Waals surface area contributed by atoms with Gasteiger partial charge in [-0.05, 0) is 38.1 Å². The van der Waals surface area contributed by atoms with Crippen LogP contribution in [0.3, 0.4) is 0 Å². The lowest BCUT2D eigenvalue weighted by Crippen LogP contribution is -2.39. The van der Waals surface area contributed by atoms with Gasteiger partial charge in [0.2, 0.25) is 0 Å². The second-order valence-electron chi connectivity index (χ2n) is 7.12. The van der Waals surface area contributed by atoms with Crippen LogP contribution in [-0.4, -0.2) is 42.6 Å². The van der Waals surface area contributed by atoms with Crippen LogP contribution in [0.4, 0.5) is 0 Å². The molecule has 0 radical (unpaired) electrons. The van der Waals surface area contributed by atoms with Crippen LogP contribution in [0.5, 0.6) is 11.5 Å². The highest BCUT2D eigenvalue weighted by Crippen LogP contribution is 2.35. The molecule has 2 aromatic rings. The summed E-state index contributed by atoms with van der Waals surface area (Å²) in [4.78, 5) is 40.2. The standard InChI is InChI=1S/C22H24ClN3O6/c1-4-31-17-8-13-7-12(2)32-18(13)9-14(17)10-24-20(27)21(28)25-11-15-5-6-16(23)19(26-15)22(29)30-3/h5-6,8-9,12H,4,7,10-11H2,1-3H3,(H,24,27)(H,25,28). The lowest BCUT2D eigenvalue weighted by Gasteiger charge is -2.13. The molecule has 2 N–H and O–H groups in total. The van der Waals surface area contributed by atoms with Crippen molar-refractivity contribution >= 4 is 29.4 Å². The van der Waals surface area contributed by atoms with Gasteiger partial charge in [-0.1, -0.05) is 11.6 Å². The van der Waals surface area contributed by atoms with Crippen molar-refractivity contribution in [1.29, 1.82) is 0 Å². The van der Waals surface area contributed by atoms with Crippen molar-refractivity contribution in [2.75, 3.05) is 13.7 Å². The first-order chi connectivity index (χ1) is 15.3. The summed E-state index contributed by atoms with van der Waals surface area (Å²) < 4.78 is 16.1. The number of carbonyl (C=O) groups excluding carboxylic acids is 3. The van der Waals surface area contributed by atoms with Gasteiger partial charge in [0.05, 0.1) is 31.0 Å². The zero-order valence-corrected chi connectivity index (χ0v) is 18.7. The molecule has 9 nitrogen and oxygen atoms in total. The molecule has 1 aliphatic rings. The maximum absolute atomic E-state index is 12.3. The average molecular weight is 462 g/mol. The first kappa shape index (κ1) is 23.3. The Labute approximate surface area is 190 Å². The number of rotatable bonds is 7. The van der Waals surface area contributed by atoms with Crippen molar-refractivity contribution in [2.24, 2.45) is 0 Å². The number of hydrogen-bond donors (Lipinski definition) is 2. The quantitative estimate of drug-likeness (QED) is 0.479. The highest BCUT2D eigenvalue weighted by Gasteiger charge is 2.23. The molecule has 1 aliphatic heterocycles. The largest absolute Gasteiger partial charge is 0.494 e. The lowest BCUT2D eigenvalue weighted by molar-refractivity contribution is -0.139. The number of aromatic nitrogens is 1. The Kier molecular flexibility index (Phi) is 7.53. The van der Waals surface area contributed by atoms with Gasteiger partial charge in [0.1, 0.15) is 17.6 Å². The average Bonchev–Trinajstić information content (AvgIpc) is 3.14. The molecule has 0 saturated carbocycles. The Morgan fingerprint density at radius 3 is 2.59 bits per heavy atom. The number of halogens is 1. The Hall–Kier alpha value is -3.33. The molecule has 3 rings (SSSR count). The van der Waals surface area contributed by atoms with Gasteiger partial charge in [-0.2, -0.15) is 0 Å². The van der Waals surface area contributed by atoms with Crippen LogP contribution in [-0.2, 0) is 33.8 Å². The summed E-state index contributed by atoms with van der Waals surface area (Å²) in [5.41, 5.74) is 2.04. The van der Waals surface area contributed by atoms with Gasteiger partial charge < -0.3 is 24.8 Å². The Bertz CT molecular complexity index is 1040. The number of fused-ring (bicyclic) bond motifs is 1. The van der Waals surface area contributed by atoms with Gasteiger partial charge in [-0.25, -0.2) is 9.78 Å². The van der Waals surface area contributed by atoms with Crippen molar-refractivity contribution in [3.05, 3.63) is 51.8 Å². The molecule has 0 spiro atoms. The highest BCUT2D eigenvalue weighted by molar-refractivity contribution is 6.35. The molecule has 2 amide bonds. The number of carbonyl (C=O) groups is 3. The number of hydrogen-bond acceptors (Lipinski definition) is 7. The predicted octanol–water partition coefficient (Wildman–Crippen LogP) is 2.18. The molecule has 0 saturated heterocycles. The monoisotopic (exact) mass is 461 g/mol. The summed E-state index contributed by atoms with van der Waals surface area (Å²) in [5.74, 6) is -0.955. The maximum atomic E-state index is 12.3. The zero-order valence-electron chi connectivity index (χ0n) is 18.0. The topological polar surface area (TPSA) is 116 Å². The molecule has 10 heteroatoms. The van der Waals surface area contributed by atoms with Crippen LogP contribution in [0.25, 0.3) is 0 Å². The van der Waals surface area contributed by atoms with Gasteiger partial charge >= 0.3 is 17.8 Å². The van der Waals surface area contributed by atoms with Gasteiger partial charge in [0, 0.05) is 24.1 Å².